The molecule has 0 bridgehead atoms. The molecule has 1 fully saturated rings. The fraction of sp³-hybridized carbons (Fsp3) is 0.364. The highest BCUT2D eigenvalue weighted by atomic mass is 16.2. The molecule has 0 saturated carbocycles. The summed E-state index contributed by atoms with van der Waals surface area (Å²) in [6.45, 7) is 2.34. The number of benzene rings is 1. The van der Waals surface area contributed by atoms with E-state index in [1.165, 1.54) is 6.92 Å². The van der Waals surface area contributed by atoms with Gasteiger partial charge < -0.3 is 26.6 Å². The molecule has 1 aromatic heterocycles. The van der Waals surface area contributed by atoms with Gasteiger partial charge in [-0.1, -0.05) is 0 Å². The maximum atomic E-state index is 13.0. The van der Waals surface area contributed by atoms with Gasteiger partial charge in [-0.3, -0.25) is 29.0 Å². The molecule has 0 radical (unpaired) electrons. The average molecular weight is 467 g/mol. The van der Waals surface area contributed by atoms with E-state index in [2.05, 4.69) is 25.9 Å². The van der Waals surface area contributed by atoms with Gasteiger partial charge in [0.05, 0.1) is 11.5 Å². The van der Waals surface area contributed by atoms with Crippen molar-refractivity contribution in [2.75, 3.05) is 33.9 Å². The molecule has 0 spiro atoms. The van der Waals surface area contributed by atoms with Crippen LogP contribution in [0.1, 0.15) is 37.7 Å². The minimum absolute atomic E-state index is 0.0492. The van der Waals surface area contributed by atoms with Crippen LogP contribution in [0.25, 0.3) is 0 Å². The Morgan fingerprint density at radius 3 is 2.26 bits per heavy atom. The number of piperidine rings is 1. The molecule has 34 heavy (non-hydrogen) atoms. The number of fused-ring (bicyclic) bond motifs is 1. The summed E-state index contributed by atoms with van der Waals surface area (Å²) in [6.07, 6.45) is 0.874. The van der Waals surface area contributed by atoms with Crippen molar-refractivity contribution in [3.63, 3.8) is 0 Å². The Kier molecular flexibility index (Phi) is 6.30. The molecule has 1 saturated heterocycles. The van der Waals surface area contributed by atoms with Gasteiger partial charge in [-0.15, -0.1) is 0 Å². The van der Waals surface area contributed by atoms with Gasteiger partial charge in [0.25, 0.3) is 5.56 Å². The predicted molar refractivity (Wildman–Crippen MR) is 124 cm³/mol. The molecule has 2 aliphatic rings. The van der Waals surface area contributed by atoms with E-state index < -0.39 is 23.3 Å². The van der Waals surface area contributed by atoms with Crippen molar-refractivity contribution < 1.29 is 19.2 Å². The zero-order valence-corrected chi connectivity index (χ0v) is 18.5. The van der Waals surface area contributed by atoms with Gasteiger partial charge >= 0.3 is 0 Å². The largest absolute Gasteiger partial charge is 0.369 e. The molecule has 2 aliphatic heterocycles. The molecule has 6 N–H and O–H groups in total. The van der Waals surface area contributed by atoms with Crippen molar-refractivity contribution in [3.8, 4) is 0 Å². The van der Waals surface area contributed by atoms with Gasteiger partial charge in [-0.05, 0) is 37.1 Å². The minimum atomic E-state index is -1.02. The Balaban J connectivity index is 1.53. The number of anilines is 4. The van der Waals surface area contributed by atoms with Crippen LogP contribution in [-0.2, 0) is 19.2 Å². The Morgan fingerprint density at radius 2 is 1.68 bits per heavy atom. The molecule has 1 aromatic carbocycles. The third-order valence-electron chi connectivity index (χ3n) is 5.92. The van der Waals surface area contributed by atoms with Crippen molar-refractivity contribution in [2.24, 2.45) is 11.7 Å². The van der Waals surface area contributed by atoms with Crippen molar-refractivity contribution in [3.05, 3.63) is 40.2 Å². The van der Waals surface area contributed by atoms with Crippen LogP contribution in [0.3, 0.4) is 0 Å². The zero-order chi connectivity index (χ0) is 24.4. The lowest BCUT2D eigenvalue weighted by atomic mass is 9.92. The second-order valence-corrected chi connectivity index (χ2v) is 8.37. The molecule has 0 aliphatic carbocycles. The number of carbonyl (C=O) groups is 4. The summed E-state index contributed by atoms with van der Waals surface area (Å²) in [5.41, 5.74) is 5.96. The molecule has 178 valence electrons. The monoisotopic (exact) mass is 467 g/mol. The predicted octanol–water partition coefficient (Wildman–Crippen LogP) is 0.495. The van der Waals surface area contributed by atoms with Crippen LogP contribution < -0.4 is 32.1 Å². The quantitative estimate of drug-likeness (QED) is 0.424. The van der Waals surface area contributed by atoms with Crippen LogP contribution in [-0.4, -0.2) is 46.7 Å². The summed E-state index contributed by atoms with van der Waals surface area (Å²) in [7, 11) is 0. The summed E-state index contributed by atoms with van der Waals surface area (Å²) in [4.78, 5) is 69.7. The smallest absolute Gasteiger partial charge is 0.258 e. The van der Waals surface area contributed by atoms with E-state index in [0.29, 0.717) is 37.3 Å². The van der Waals surface area contributed by atoms with Crippen LogP contribution >= 0.6 is 0 Å². The van der Waals surface area contributed by atoms with Crippen LogP contribution in [0, 0.1) is 5.92 Å². The highest BCUT2D eigenvalue weighted by Crippen LogP contribution is 2.31. The fourth-order valence-electron chi connectivity index (χ4n) is 4.18. The van der Waals surface area contributed by atoms with Crippen molar-refractivity contribution in [1.82, 2.24) is 9.97 Å². The Morgan fingerprint density at radius 1 is 1.06 bits per heavy atom. The molecule has 12 heteroatoms. The van der Waals surface area contributed by atoms with E-state index in [-0.39, 0.29) is 41.5 Å². The molecule has 4 rings (SSSR count). The Hall–Kier alpha value is -4.22. The minimum Gasteiger partial charge on any atom is -0.369 e. The summed E-state index contributed by atoms with van der Waals surface area (Å²) >= 11 is 0. The van der Waals surface area contributed by atoms with Gasteiger partial charge in [-0.2, -0.15) is 4.98 Å². The van der Waals surface area contributed by atoms with Gasteiger partial charge in [0.15, 0.2) is 0 Å². The van der Waals surface area contributed by atoms with Crippen LogP contribution in [0.5, 0.6) is 0 Å². The Labute approximate surface area is 194 Å². The lowest BCUT2D eigenvalue weighted by Gasteiger charge is -2.32. The molecular formula is C22H25N7O5. The number of H-pyrrole nitrogens is 1. The molecule has 12 nitrogen and oxygen atoms in total. The maximum absolute atomic E-state index is 13.0. The highest BCUT2D eigenvalue weighted by molar-refractivity contribution is 6.04. The highest BCUT2D eigenvalue weighted by Gasteiger charge is 2.35. The van der Waals surface area contributed by atoms with E-state index in [4.69, 9.17) is 5.73 Å². The maximum Gasteiger partial charge on any atom is 0.258 e. The number of nitrogens with two attached hydrogens (primary N) is 1. The first kappa shape index (κ1) is 23.0. The first-order chi connectivity index (χ1) is 16.2. The molecule has 3 heterocycles. The topological polar surface area (TPSA) is 179 Å². The lowest BCUT2D eigenvalue weighted by Crippen LogP contribution is -2.41. The number of hydrogen-bond donors (Lipinski definition) is 5. The first-order valence-electron chi connectivity index (χ1n) is 10.9. The number of primary amides is 1. The van der Waals surface area contributed by atoms with E-state index in [1.54, 1.807) is 24.3 Å². The van der Waals surface area contributed by atoms with Crippen LogP contribution in [0.2, 0.25) is 0 Å². The first-order valence-corrected chi connectivity index (χ1v) is 10.9. The number of rotatable bonds is 5. The summed E-state index contributed by atoms with van der Waals surface area (Å²) in [6, 6.07) is 6.46. The normalized spacial score (nSPS) is 18.0. The molecule has 4 amide bonds. The van der Waals surface area contributed by atoms with E-state index in [1.807, 2.05) is 4.90 Å². The third-order valence-corrected chi connectivity index (χ3v) is 5.92. The van der Waals surface area contributed by atoms with Crippen molar-refractivity contribution >= 4 is 46.8 Å². The average Bonchev–Trinajstić information content (AvgIpc) is 2.79. The fourth-order valence-corrected chi connectivity index (χ4v) is 4.18. The summed E-state index contributed by atoms with van der Waals surface area (Å²) < 4.78 is 0. The number of hydrogen-bond acceptors (Lipinski definition) is 7. The summed E-state index contributed by atoms with van der Waals surface area (Å²) in [5.74, 6) is -2.45. The zero-order valence-electron chi connectivity index (χ0n) is 18.5. The number of aromatic nitrogens is 2. The number of amides is 4. The standard InChI is InChI=1S/C22H25N7O5/c1-11(30)24-13-2-4-14(5-3-13)25-20(33)15-10-16(31)26-19-17(15)21(34)28-22(27-19)29-8-6-12(7-9-29)18(23)32/h2-5,12,15H,6-10H2,1H3,(H2,23,32)(H,24,30)(H,25,33)(H2,26,27,28,31,34)/t15-/m0/s1. The molecule has 2 aromatic rings. The molecular weight excluding hydrogens is 442 g/mol. The number of nitrogens with one attached hydrogen (secondary N) is 4. The van der Waals surface area contributed by atoms with Gasteiger partial charge in [0, 0.05) is 43.7 Å². The number of aromatic amines is 1. The molecule has 0 unspecified atom stereocenters. The SMILES string of the molecule is CC(=O)Nc1ccc(NC(=O)[C@H]2CC(=O)Nc3nc(N4CCC(C(N)=O)CC4)[nH]c(=O)c32)cc1. The van der Waals surface area contributed by atoms with Gasteiger partial charge in [0.2, 0.25) is 29.6 Å². The third kappa shape index (κ3) is 4.90. The summed E-state index contributed by atoms with van der Waals surface area (Å²) in [5, 5.41) is 7.93. The Bertz CT molecular complexity index is 1200. The van der Waals surface area contributed by atoms with Crippen molar-refractivity contribution in [2.45, 2.75) is 32.1 Å². The lowest BCUT2D eigenvalue weighted by molar-refractivity contribution is -0.123. The van der Waals surface area contributed by atoms with E-state index >= 15 is 0 Å². The number of carbonyl (C=O) groups excluding carboxylic acids is 4. The van der Waals surface area contributed by atoms with Crippen LogP contribution in [0.15, 0.2) is 29.1 Å². The van der Waals surface area contributed by atoms with Gasteiger partial charge in [0.1, 0.15) is 5.82 Å². The number of nitrogens with zero attached hydrogens (tertiary/aromatic N) is 2. The second-order valence-electron chi connectivity index (χ2n) is 8.37. The van der Waals surface area contributed by atoms with Crippen LogP contribution in [0.4, 0.5) is 23.1 Å². The van der Waals surface area contributed by atoms with Gasteiger partial charge in [-0.25, -0.2) is 0 Å². The molecule has 1 atom stereocenters. The van der Waals surface area contributed by atoms with E-state index in [9.17, 15) is 24.0 Å². The second kappa shape index (κ2) is 9.33. The van der Waals surface area contributed by atoms with Crippen molar-refractivity contribution in [1.29, 1.82) is 0 Å². The van der Waals surface area contributed by atoms with E-state index in [0.717, 1.165) is 0 Å².